The van der Waals surface area contributed by atoms with E-state index in [1.54, 1.807) is 0 Å². The van der Waals surface area contributed by atoms with Crippen LogP contribution in [0.3, 0.4) is 0 Å². The number of fused-ring (bicyclic) bond motifs is 26. The monoisotopic (exact) mass is 1010 g/mol. The molecule has 79 heavy (non-hydrogen) atoms. The lowest BCUT2D eigenvalue weighted by Gasteiger charge is -2.49. The first-order valence-electron chi connectivity index (χ1n) is 27.9. The average molecular weight is 1010 g/mol. The van der Waals surface area contributed by atoms with Gasteiger partial charge >= 0.3 is 0 Å². The van der Waals surface area contributed by atoms with Gasteiger partial charge in [-0.1, -0.05) is 148 Å². The van der Waals surface area contributed by atoms with Crippen molar-refractivity contribution >= 4 is 104 Å². The molecule has 0 saturated heterocycles. The van der Waals surface area contributed by atoms with Crippen LogP contribution in [-0.4, -0.2) is 14.4 Å². The fourth-order valence-electron chi connectivity index (χ4n) is 17.2. The largest absolute Gasteiger partial charge is 0.455 e. The zero-order valence-corrected chi connectivity index (χ0v) is 43.2. The molecule has 7 heterocycles. The number of hydrogen-bond donors (Lipinski definition) is 0. The lowest BCUT2D eigenvalue weighted by molar-refractivity contribution is 0.401. The molecule has 0 radical (unpaired) electrons. The van der Waals surface area contributed by atoms with Gasteiger partial charge in [-0.05, 0) is 131 Å². The molecular weight excluding hydrogens is 967 g/mol. The average Bonchev–Trinajstić information content (AvgIpc) is 1.95. The molecule has 3 unspecified atom stereocenters. The zero-order chi connectivity index (χ0) is 51.3. The summed E-state index contributed by atoms with van der Waals surface area (Å²) in [6.45, 7) is 6.87. The van der Waals surface area contributed by atoms with Crippen molar-refractivity contribution in [2.45, 2.75) is 55.3 Å². The molecule has 0 N–H and O–H groups in total. The van der Waals surface area contributed by atoms with Crippen molar-refractivity contribution in [1.82, 2.24) is 14.4 Å². The molecule has 3 atom stereocenters. The number of nitrogens with zero attached hydrogens (tertiary/aromatic N) is 3. The normalized spacial score (nSPS) is 20.1. The molecule has 16 aromatic rings. The van der Waals surface area contributed by atoms with Gasteiger partial charge in [0.1, 0.15) is 22.3 Å². The second-order valence-corrected chi connectivity index (χ2v) is 24.6. The van der Waals surface area contributed by atoms with Crippen LogP contribution in [-0.2, 0) is 10.8 Å². The summed E-state index contributed by atoms with van der Waals surface area (Å²) in [7, 11) is 0. The number of pyridine rings is 2. The summed E-state index contributed by atoms with van der Waals surface area (Å²) in [6, 6.07) is 64.2. The Balaban J connectivity index is 0.915. The zero-order valence-electron chi connectivity index (χ0n) is 43.2. The van der Waals surface area contributed by atoms with Crippen LogP contribution in [0.25, 0.3) is 115 Å². The van der Waals surface area contributed by atoms with Gasteiger partial charge in [0.05, 0.1) is 45.1 Å². The molecule has 0 amide bonds. The fourth-order valence-corrected chi connectivity index (χ4v) is 17.2. The van der Waals surface area contributed by atoms with Gasteiger partial charge in [-0.15, -0.1) is 0 Å². The van der Waals surface area contributed by atoms with Gasteiger partial charge in [-0.25, -0.2) is 9.97 Å². The van der Waals surface area contributed by atoms with E-state index < -0.39 is 0 Å². The maximum Gasteiger partial charge on any atom is 0.228 e. The predicted octanol–water partition coefficient (Wildman–Crippen LogP) is 18.2. The molecule has 0 saturated carbocycles. The molecule has 368 valence electrons. The topological polar surface area (TPSA) is 69.6 Å². The van der Waals surface area contributed by atoms with Crippen LogP contribution in [0.4, 0.5) is 0 Å². The van der Waals surface area contributed by atoms with Crippen molar-refractivity contribution in [3.63, 3.8) is 0 Å². The standard InChI is InChI=1S/C73H43N3O3/c1-72(2,3)37-25-43(34-14-5-4-6-15-34)60-51-29-50-61-53(32-74-70-62(61)49-28-46-47(31-56(49)79-70)67-42-22-11-12-23-52(42)73(67)36-17-13-16-35(24-36)66(46)73)76-54-33-75-71-63(64(54)65(68(50)76)69(51)77-57(60)26-37)48-27-44-45(30-55(48)78-71)59-40-20-9-7-18-38(40)58(44)39-19-8-10-21-41(39)59/h4-33,58-59,66-67H,1-3H3. The highest BCUT2D eigenvalue weighted by Crippen LogP contribution is 2.74. The van der Waals surface area contributed by atoms with E-state index in [2.05, 4.69) is 195 Å². The maximum atomic E-state index is 7.52. The fraction of sp³-hybridized carbons (Fsp3) is 0.123. The van der Waals surface area contributed by atoms with E-state index in [-0.39, 0.29) is 34.5 Å². The van der Waals surface area contributed by atoms with Gasteiger partial charge < -0.3 is 17.7 Å². The highest BCUT2D eigenvalue weighted by Gasteiger charge is 2.65. The molecule has 0 fully saturated rings. The van der Waals surface area contributed by atoms with Crippen LogP contribution in [0.2, 0.25) is 0 Å². The molecule has 9 aromatic carbocycles. The first-order valence-corrected chi connectivity index (χ1v) is 27.9. The Hall–Kier alpha value is -9.52. The molecule has 7 aromatic heterocycles. The number of furan rings is 3. The summed E-state index contributed by atoms with van der Waals surface area (Å²) in [5.74, 6) is 0.717. The summed E-state index contributed by atoms with van der Waals surface area (Å²) in [5, 5.41) is 10.8. The van der Waals surface area contributed by atoms with Crippen LogP contribution >= 0.6 is 0 Å². The Morgan fingerprint density at radius 2 is 1.05 bits per heavy atom. The number of aromatic nitrogens is 3. The third kappa shape index (κ3) is 4.43. The number of benzene rings is 9. The van der Waals surface area contributed by atoms with E-state index in [1.165, 1.54) is 72.3 Å². The molecule has 1 spiro atoms. The number of rotatable bonds is 1. The first kappa shape index (κ1) is 40.7. The molecule has 4 bridgehead atoms. The van der Waals surface area contributed by atoms with Gasteiger partial charge in [-0.3, -0.25) is 0 Å². The van der Waals surface area contributed by atoms with Crippen molar-refractivity contribution in [3.8, 4) is 11.1 Å². The van der Waals surface area contributed by atoms with Crippen molar-refractivity contribution in [2.75, 3.05) is 0 Å². The molecule has 6 aliphatic carbocycles. The molecule has 0 aliphatic heterocycles. The smallest absolute Gasteiger partial charge is 0.228 e. The van der Waals surface area contributed by atoms with Crippen LogP contribution < -0.4 is 0 Å². The predicted molar refractivity (Wildman–Crippen MR) is 315 cm³/mol. The SMILES string of the molecule is CC(C)(C)c1cc(-c2ccccc2)c2c(c1)oc1c2cc2c3c4c(ncc3n3c5cnc6oc7cc8c(cc7c6c5c1c23)C1c2ccccc2C8c2ccccc21)oc1cc2c(cc14)C1c3cccc(c3)C13c1ccccc1C23. The highest BCUT2D eigenvalue weighted by atomic mass is 16.3. The van der Waals surface area contributed by atoms with Gasteiger partial charge in [0.2, 0.25) is 11.4 Å². The molecule has 6 nitrogen and oxygen atoms in total. The van der Waals surface area contributed by atoms with Crippen LogP contribution in [0, 0.1) is 0 Å². The van der Waals surface area contributed by atoms with Crippen molar-refractivity contribution in [3.05, 3.63) is 255 Å². The van der Waals surface area contributed by atoms with E-state index in [4.69, 9.17) is 23.2 Å². The molecule has 22 rings (SSSR count). The quantitative estimate of drug-likeness (QED) is 0.164. The summed E-state index contributed by atoms with van der Waals surface area (Å²) in [5.41, 5.74) is 27.8. The third-order valence-corrected chi connectivity index (χ3v) is 20.2. The Labute approximate surface area is 450 Å². The van der Waals surface area contributed by atoms with E-state index in [0.29, 0.717) is 11.4 Å². The first-order chi connectivity index (χ1) is 38.8. The van der Waals surface area contributed by atoms with Crippen molar-refractivity contribution in [2.24, 2.45) is 0 Å². The minimum atomic E-state index is -0.130. The van der Waals surface area contributed by atoms with Gasteiger partial charge in [0, 0.05) is 66.8 Å². The van der Waals surface area contributed by atoms with E-state index in [1.807, 2.05) is 12.4 Å². The third-order valence-electron chi connectivity index (χ3n) is 20.2. The van der Waals surface area contributed by atoms with Crippen molar-refractivity contribution < 1.29 is 13.3 Å². The lowest BCUT2D eigenvalue weighted by Crippen LogP contribution is -2.43. The summed E-state index contributed by atoms with van der Waals surface area (Å²) in [6.07, 6.45) is 4.06. The molecule has 6 heteroatoms. The second kappa shape index (κ2) is 13.1. The Bertz CT molecular complexity index is 5540. The van der Waals surface area contributed by atoms with E-state index >= 15 is 0 Å². The van der Waals surface area contributed by atoms with Crippen LogP contribution in [0.15, 0.2) is 196 Å². The van der Waals surface area contributed by atoms with Crippen LogP contribution in [0.1, 0.15) is 117 Å². The van der Waals surface area contributed by atoms with Gasteiger partial charge in [0.15, 0.2) is 0 Å². The second-order valence-electron chi connectivity index (χ2n) is 24.6. The summed E-state index contributed by atoms with van der Waals surface area (Å²) < 4.78 is 24.0. The van der Waals surface area contributed by atoms with E-state index in [9.17, 15) is 0 Å². The minimum absolute atomic E-state index is 0.101. The minimum Gasteiger partial charge on any atom is -0.455 e. The van der Waals surface area contributed by atoms with Gasteiger partial charge in [0.25, 0.3) is 0 Å². The Morgan fingerprint density at radius 3 is 1.76 bits per heavy atom. The molecular formula is C73H43N3O3. The van der Waals surface area contributed by atoms with E-state index in [0.717, 1.165) is 104 Å². The van der Waals surface area contributed by atoms with Crippen LogP contribution in [0.5, 0.6) is 0 Å². The van der Waals surface area contributed by atoms with Crippen molar-refractivity contribution in [1.29, 1.82) is 0 Å². The Morgan fingerprint density at radius 1 is 0.443 bits per heavy atom. The number of hydrogen-bond acceptors (Lipinski definition) is 5. The lowest BCUT2D eigenvalue weighted by atomic mass is 9.52. The Kier molecular flexibility index (Phi) is 6.73. The maximum absolute atomic E-state index is 7.52. The van der Waals surface area contributed by atoms with Gasteiger partial charge in [-0.2, -0.15) is 0 Å². The summed E-state index contributed by atoms with van der Waals surface area (Å²) >= 11 is 0. The highest BCUT2D eigenvalue weighted by molar-refractivity contribution is 6.41. The molecule has 6 aliphatic rings. The summed E-state index contributed by atoms with van der Waals surface area (Å²) in [4.78, 5) is 10.6.